The quantitative estimate of drug-likeness (QED) is 0.415. The predicted molar refractivity (Wildman–Crippen MR) is 106 cm³/mol. The minimum atomic E-state index is -0.554. The minimum absolute atomic E-state index is 0.0918. The molecule has 28 heavy (non-hydrogen) atoms. The number of rotatable bonds is 7. The Hall–Kier alpha value is -2.88. The van der Waals surface area contributed by atoms with Crippen molar-refractivity contribution in [3.05, 3.63) is 51.3 Å². The second kappa shape index (κ2) is 9.36. The van der Waals surface area contributed by atoms with Crippen LogP contribution in [0.3, 0.4) is 0 Å². The molecule has 0 saturated heterocycles. The molecule has 1 aromatic carbocycles. The number of nitro groups is 1. The summed E-state index contributed by atoms with van der Waals surface area (Å²) in [4.78, 5) is 38.6. The summed E-state index contributed by atoms with van der Waals surface area (Å²) in [5.41, 5.74) is 6.73. The van der Waals surface area contributed by atoms with Crippen molar-refractivity contribution >= 4 is 29.3 Å². The number of thioether (sulfide) groups is 1. The van der Waals surface area contributed by atoms with E-state index in [4.69, 9.17) is 0 Å². The first-order valence-corrected chi connectivity index (χ1v) is 9.67. The number of imidazole rings is 1. The number of benzene rings is 1. The molecular formula is C18H23N5O4S. The van der Waals surface area contributed by atoms with Gasteiger partial charge in [0, 0.05) is 29.9 Å². The Labute approximate surface area is 167 Å². The average molecular weight is 405 g/mol. The van der Waals surface area contributed by atoms with Crippen LogP contribution in [-0.2, 0) is 11.3 Å². The number of nitrogens with zero attached hydrogens (tertiary/aromatic N) is 3. The van der Waals surface area contributed by atoms with E-state index in [1.807, 2.05) is 13.8 Å². The molecule has 0 radical (unpaired) electrons. The number of hydrogen-bond donors (Lipinski definition) is 2. The van der Waals surface area contributed by atoms with Crippen molar-refractivity contribution in [2.75, 3.05) is 5.75 Å². The Bertz CT molecular complexity index is 877. The molecule has 0 atom stereocenters. The number of nitro benzene ring substituents is 1. The Balaban J connectivity index is 1.88. The van der Waals surface area contributed by atoms with Gasteiger partial charge >= 0.3 is 0 Å². The fourth-order valence-electron chi connectivity index (χ4n) is 2.41. The largest absolute Gasteiger partial charge is 0.323 e. The van der Waals surface area contributed by atoms with E-state index in [0.717, 1.165) is 23.1 Å². The normalized spacial score (nSPS) is 10.8. The molecule has 1 aromatic heterocycles. The van der Waals surface area contributed by atoms with Crippen LogP contribution in [0.4, 0.5) is 5.69 Å². The number of nitrogens with one attached hydrogen (secondary N) is 2. The monoisotopic (exact) mass is 405 g/mol. The Morgan fingerprint density at radius 3 is 2.43 bits per heavy atom. The lowest BCUT2D eigenvalue weighted by Crippen LogP contribution is -2.42. The maximum absolute atomic E-state index is 12.0. The van der Waals surface area contributed by atoms with Gasteiger partial charge in [-0.1, -0.05) is 25.6 Å². The topological polar surface area (TPSA) is 119 Å². The van der Waals surface area contributed by atoms with Crippen LogP contribution in [-0.4, -0.2) is 32.0 Å². The second-order valence-corrected chi connectivity index (χ2v) is 7.61. The smallest absolute Gasteiger partial charge is 0.269 e. The van der Waals surface area contributed by atoms with E-state index in [1.54, 1.807) is 0 Å². The van der Waals surface area contributed by atoms with Crippen LogP contribution < -0.4 is 10.9 Å². The average Bonchev–Trinajstić information content (AvgIpc) is 2.91. The Kier molecular flexibility index (Phi) is 7.16. The van der Waals surface area contributed by atoms with E-state index >= 15 is 0 Å². The molecule has 0 bridgehead atoms. The van der Waals surface area contributed by atoms with Crippen molar-refractivity contribution in [2.24, 2.45) is 5.92 Å². The van der Waals surface area contributed by atoms with E-state index in [0.29, 0.717) is 5.92 Å². The van der Waals surface area contributed by atoms with Gasteiger partial charge in [0.05, 0.1) is 16.4 Å². The summed E-state index contributed by atoms with van der Waals surface area (Å²) < 4.78 is 2.09. The SMILES string of the molecule is Cc1nc(SCC(=O)NNC(=O)c2ccc([N+](=O)[O-])cc2)n(CC(C)C)c1C. The third-order valence-electron chi connectivity index (χ3n) is 3.96. The molecule has 2 N–H and O–H groups in total. The Morgan fingerprint density at radius 2 is 1.86 bits per heavy atom. The van der Waals surface area contributed by atoms with Crippen LogP contribution in [0.15, 0.2) is 29.4 Å². The molecule has 2 aromatic rings. The fraction of sp³-hybridized carbons (Fsp3) is 0.389. The molecule has 0 aliphatic rings. The van der Waals surface area contributed by atoms with Gasteiger partial charge in [0.1, 0.15) is 0 Å². The molecule has 0 saturated carbocycles. The van der Waals surface area contributed by atoms with Crippen molar-refractivity contribution in [3.63, 3.8) is 0 Å². The highest BCUT2D eigenvalue weighted by Crippen LogP contribution is 2.22. The summed E-state index contributed by atoms with van der Waals surface area (Å²) in [5.74, 6) is -0.397. The van der Waals surface area contributed by atoms with E-state index < -0.39 is 10.8 Å². The number of hydrogen-bond acceptors (Lipinski definition) is 6. The molecule has 0 aliphatic heterocycles. The van der Waals surface area contributed by atoms with E-state index in [9.17, 15) is 19.7 Å². The van der Waals surface area contributed by atoms with Crippen LogP contribution in [0.5, 0.6) is 0 Å². The molecule has 0 unspecified atom stereocenters. The molecule has 1 heterocycles. The Morgan fingerprint density at radius 1 is 1.21 bits per heavy atom. The standard InChI is InChI=1S/C18H23N5O4S/c1-11(2)9-22-13(4)12(3)19-18(22)28-10-16(24)20-21-17(25)14-5-7-15(8-6-14)23(26)27/h5-8,11H,9-10H2,1-4H3,(H,20,24)(H,21,25). The third-order valence-corrected chi connectivity index (χ3v) is 4.93. The number of amides is 2. The molecule has 0 fully saturated rings. The number of non-ortho nitro benzene ring substituents is 1. The number of aryl methyl sites for hydroxylation is 1. The van der Waals surface area contributed by atoms with Gasteiger partial charge in [-0.25, -0.2) is 4.98 Å². The minimum Gasteiger partial charge on any atom is -0.323 e. The van der Waals surface area contributed by atoms with Crippen molar-refractivity contribution in [3.8, 4) is 0 Å². The lowest BCUT2D eigenvalue weighted by molar-refractivity contribution is -0.384. The highest BCUT2D eigenvalue weighted by molar-refractivity contribution is 7.99. The van der Waals surface area contributed by atoms with Crippen molar-refractivity contribution in [1.82, 2.24) is 20.4 Å². The van der Waals surface area contributed by atoms with Gasteiger partial charge in [-0.3, -0.25) is 30.6 Å². The summed E-state index contributed by atoms with van der Waals surface area (Å²) in [5, 5.41) is 11.4. The van der Waals surface area contributed by atoms with Gasteiger partial charge in [0.25, 0.3) is 11.6 Å². The van der Waals surface area contributed by atoms with Crippen molar-refractivity contribution in [1.29, 1.82) is 0 Å². The summed E-state index contributed by atoms with van der Waals surface area (Å²) in [7, 11) is 0. The zero-order chi connectivity index (χ0) is 20.8. The van der Waals surface area contributed by atoms with Gasteiger partial charge in [0.15, 0.2) is 5.16 Å². The van der Waals surface area contributed by atoms with Gasteiger partial charge in [-0.2, -0.15) is 0 Å². The van der Waals surface area contributed by atoms with Gasteiger partial charge in [-0.15, -0.1) is 0 Å². The van der Waals surface area contributed by atoms with Crippen molar-refractivity contribution < 1.29 is 14.5 Å². The summed E-state index contributed by atoms with van der Waals surface area (Å²) in [6, 6.07) is 5.10. The van der Waals surface area contributed by atoms with Gasteiger partial charge < -0.3 is 4.57 Å². The third kappa shape index (κ3) is 5.56. The van der Waals surface area contributed by atoms with Crippen LogP contribution in [0.25, 0.3) is 0 Å². The second-order valence-electron chi connectivity index (χ2n) is 6.66. The maximum Gasteiger partial charge on any atom is 0.269 e. The first-order chi connectivity index (χ1) is 13.2. The molecular weight excluding hydrogens is 382 g/mol. The number of hydrazine groups is 1. The lowest BCUT2D eigenvalue weighted by Gasteiger charge is -2.12. The highest BCUT2D eigenvalue weighted by Gasteiger charge is 2.15. The van der Waals surface area contributed by atoms with Crippen LogP contribution in [0.2, 0.25) is 0 Å². The summed E-state index contributed by atoms with van der Waals surface area (Å²) in [6.07, 6.45) is 0. The highest BCUT2D eigenvalue weighted by atomic mass is 32.2. The number of aromatic nitrogens is 2. The zero-order valence-corrected chi connectivity index (χ0v) is 17.0. The molecule has 2 amide bonds. The van der Waals surface area contributed by atoms with Crippen LogP contribution >= 0.6 is 11.8 Å². The molecule has 0 aliphatic carbocycles. The number of carbonyl (C=O) groups excluding carboxylic acids is 2. The summed E-state index contributed by atoms with van der Waals surface area (Å²) in [6.45, 7) is 8.97. The van der Waals surface area contributed by atoms with Crippen LogP contribution in [0, 0.1) is 29.9 Å². The lowest BCUT2D eigenvalue weighted by atomic mass is 10.2. The van der Waals surface area contributed by atoms with Gasteiger partial charge in [0.2, 0.25) is 5.91 Å². The van der Waals surface area contributed by atoms with Gasteiger partial charge in [-0.05, 0) is 31.9 Å². The van der Waals surface area contributed by atoms with E-state index in [2.05, 4.69) is 34.3 Å². The fourth-order valence-corrected chi connectivity index (χ4v) is 3.31. The van der Waals surface area contributed by atoms with E-state index in [-0.39, 0.29) is 22.9 Å². The molecule has 10 heteroatoms. The summed E-state index contributed by atoms with van der Waals surface area (Å²) >= 11 is 1.30. The molecule has 0 spiro atoms. The van der Waals surface area contributed by atoms with Crippen molar-refractivity contribution in [2.45, 2.75) is 39.4 Å². The molecule has 150 valence electrons. The number of carbonyl (C=O) groups is 2. The first-order valence-electron chi connectivity index (χ1n) is 8.69. The van der Waals surface area contributed by atoms with Crippen LogP contribution in [0.1, 0.15) is 35.6 Å². The predicted octanol–water partition coefficient (Wildman–Crippen LogP) is 2.62. The van der Waals surface area contributed by atoms with E-state index in [1.165, 1.54) is 36.0 Å². The maximum atomic E-state index is 12.0. The first kappa shape index (κ1) is 21.4. The zero-order valence-electron chi connectivity index (χ0n) is 16.2. The molecule has 9 nitrogen and oxygen atoms in total. The molecule has 2 rings (SSSR count).